The lowest BCUT2D eigenvalue weighted by molar-refractivity contribution is -0.149. The number of benzene rings is 1. The summed E-state index contributed by atoms with van der Waals surface area (Å²) in [5.41, 5.74) is 0.581. The molecule has 5 nitrogen and oxygen atoms in total. The van der Waals surface area contributed by atoms with Crippen molar-refractivity contribution in [2.45, 2.75) is 45.2 Å². The number of ether oxygens (including phenoxy) is 1. The first-order valence-corrected chi connectivity index (χ1v) is 9.40. The molecule has 1 aromatic rings. The molecule has 0 aromatic heterocycles. The zero-order valence-electron chi connectivity index (χ0n) is 14.6. The molecule has 0 amide bonds. The molecular weight excluding hydrogens is 389 g/mol. The van der Waals surface area contributed by atoms with Crippen LogP contribution in [0.2, 0.25) is 0 Å². The van der Waals surface area contributed by atoms with E-state index in [1.807, 2.05) is 13.0 Å². The third-order valence-corrected chi connectivity index (χ3v) is 4.87. The van der Waals surface area contributed by atoms with Gasteiger partial charge in [-0.15, -0.1) is 0 Å². The van der Waals surface area contributed by atoms with Gasteiger partial charge in [0.2, 0.25) is 0 Å². The molecule has 1 fully saturated rings. The fraction of sp³-hybridized carbons (Fsp3) is 0.556. The van der Waals surface area contributed by atoms with E-state index in [-0.39, 0.29) is 23.7 Å². The Kier molecular flexibility index (Phi) is 7.68. The summed E-state index contributed by atoms with van der Waals surface area (Å²) in [6, 6.07) is 5.26. The number of aliphatic imine (C=N–C) groups is 1. The van der Waals surface area contributed by atoms with E-state index < -0.39 is 0 Å². The Morgan fingerprint density at radius 1 is 1.36 bits per heavy atom. The molecule has 0 aliphatic heterocycles. The maximum atomic E-state index is 13.9. The molecule has 1 aliphatic rings. The van der Waals surface area contributed by atoms with Crippen LogP contribution in [-0.2, 0) is 16.1 Å². The van der Waals surface area contributed by atoms with Crippen LogP contribution in [0.15, 0.2) is 27.7 Å². The number of carbonyl (C=O) groups is 1. The minimum absolute atomic E-state index is 0.00448. The number of halogens is 2. The number of esters is 1. The first-order chi connectivity index (χ1) is 12.0. The normalized spacial score (nSPS) is 20.9. The van der Waals surface area contributed by atoms with Crippen molar-refractivity contribution in [3.05, 3.63) is 34.1 Å². The van der Waals surface area contributed by atoms with Gasteiger partial charge in [-0.05, 0) is 44.7 Å². The van der Waals surface area contributed by atoms with Crippen LogP contribution in [-0.4, -0.2) is 31.6 Å². The molecule has 25 heavy (non-hydrogen) atoms. The van der Waals surface area contributed by atoms with Crippen LogP contribution in [0.1, 0.15) is 38.2 Å². The fourth-order valence-electron chi connectivity index (χ4n) is 2.97. The summed E-state index contributed by atoms with van der Waals surface area (Å²) in [6.07, 6.45) is 3.40. The predicted octanol–water partition coefficient (Wildman–Crippen LogP) is 3.38. The Morgan fingerprint density at radius 2 is 2.08 bits per heavy atom. The SMILES string of the molecule is CCOC(=O)C1CCC(NC(=NC)NCc2ccc(Br)cc2F)CC1. The predicted molar refractivity (Wildman–Crippen MR) is 99.8 cm³/mol. The van der Waals surface area contributed by atoms with Crippen molar-refractivity contribution in [1.29, 1.82) is 0 Å². The van der Waals surface area contributed by atoms with Gasteiger partial charge < -0.3 is 15.4 Å². The van der Waals surface area contributed by atoms with Gasteiger partial charge in [-0.1, -0.05) is 22.0 Å². The van der Waals surface area contributed by atoms with E-state index in [1.54, 1.807) is 13.1 Å². The Labute approximate surface area is 156 Å². The molecular formula is C18H25BrFN3O2. The van der Waals surface area contributed by atoms with E-state index in [0.29, 0.717) is 24.7 Å². The second kappa shape index (κ2) is 9.75. The Bertz CT molecular complexity index is 616. The number of guanidine groups is 1. The van der Waals surface area contributed by atoms with Gasteiger partial charge in [0, 0.05) is 29.7 Å². The number of hydrogen-bond acceptors (Lipinski definition) is 3. The molecule has 1 aromatic carbocycles. The van der Waals surface area contributed by atoms with Gasteiger partial charge in [0.25, 0.3) is 0 Å². The second-order valence-corrected chi connectivity index (χ2v) is 7.02. The molecule has 0 atom stereocenters. The summed E-state index contributed by atoms with van der Waals surface area (Å²) in [4.78, 5) is 16.0. The van der Waals surface area contributed by atoms with Crippen LogP contribution >= 0.6 is 15.9 Å². The summed E-state index contributed by atoms with van der Waals surface area (Å²) in [6.45, 7) is 2.62. The molecule has 0 spiro atoms. The van der Waals surface area contributed by atoms with Crippen molar-refractivity contribution in [3.8, 4) is 0 Å². The monoisotopic (exact) mass is 413 g/mol. The molecule has 0 heterocycles. The maximum Gasteiger partial charge on any atom is 0.308 e. The lowest BCUT2D eigenvalue weighted by Gasteiger charge is -2.29. The first-order valence-electron chi connectivity index (χ1n) is 8.61. The van der Waals surface area contributed by atoms with E-state index in [1.165, 1.54) is 6.07 Å². The average Bonchev–Trinajstić information content (AvgIpc) is 2.60. The Balaban J connectivity index is 1.80. The van der Waals surface area contributed by atoms with Gasteiger partial charge >= 0.3 is 5.97 Å². The highest BCUT2D eigenvalue weighted by atomic mass is 79.9. The summed E-state index contributed by atoms with van der Waals surface area (Å²) < 4.78 is 19.7. The zero-order chi connectivity index (χ0) is 18.2. The van der Waals surface area contributed by atoms with Crippen LogP contribution in [0, 0.1) is 11.7 Å². The molecule has 7 heteroatoms. The van der Waals surface area contributed by atoms with Gasteiger partial charge in [-0.2, -0.15) is 0 Å². The molecule has 138 valence electrons. The fourth-order valence-corrected chi connectivity index (χ4v) is 3.30. The number of nitrogens with one attached hydrogen (secondary N) is 2. The molecule has 2 rings (SSSR count). The van der Waals surface area contributed by atoms with Crippen LogP contribution < -0.4 is 10.6 Å². The van der Waals surface area contributed by atoms with Crippen molar-refractivity contribution < 1.29 is 13.9 Å². The van der Waals surface area contributed by atoms with Crippen molar-refractivity contribution in [2.24, 2.45) is 10.9 Å². The molecule has 1 saturated carbocycles. The van der Waals surface area contributed by atoms with Crippen LogP contribution in [0.3, 0.4) is 0 Å². The number of nitrogens with zero attached hydrogens (tertiary/aromatic N) is 1. The third kappa shape index (κ3) is 5.99. The van der Waals surface area contributed by atoms with E-state index in [9.17, 15) is 9.18 Å². The summed E-state index contributed by atoms with van der Waals surface area (Å²) >= 11 is 3.25. The molecule has 0 radical (unpaired) electrons. The molecule has 2 N–H and O–H groups in total. The average molecular weight is 414 g/mol. The summed E-state index contributed by atoms with van der Waals surface area (Å²) in [7, 11) is 1.69. The van der Waals surface area contributed by atoms with Crippen LogP contribution in [0.25, 0.3) is 0 Å². The summed E-state index contributed by atoms with van der Waals surface area (Å²) in [5.74, 6) is 0.299. The Morgan fingerprint density at radius 3 is 2.68 bits per heavy atom. The smallest absolute Gasteiger partial charge is 0.308 e. The van der Waals surface area contributed by atoms with Gasteiger partial charge in [-0.25, -0.2) is 4.39 Å². The van der Waals surface area contributed by atoms with Crippen molar-refractivity contribution >= 4 is 27.9 Å². The van der Waals surface area contributed by atoms with Crippen LogP contribution in [0.5, 0.6) is 0 Å². The highest BCUT2D eigenvalue weighted by Gasteiger charge is 2.27. The molecule has 0 saturated heterocycles. The lowest BCUT2D eigenvalue weighted by Crippen LogP contribution is -2.45. The molecule has 0 unspecified atom stereocenters. The topological polar surface area (TPSA) is 62.7 Å². The van der Waals surface area contributed by atoms with E-state index in [4.69, 9.17) is 4.74 Å². The van der Waals surface area contributed by atoms with Gasteiger partial charge in [0.1, 0.15) is 5.82 Å². The van der Waals surface area contributed by atoms with E-state index in [2.05, 4.69) is 31.6 Å². The highest BCUT2D eigenvalue weighted by Crippen LogP contribution is 2.25. The minimum Gasteiger partial charge on any atom is -0.466 e. The number of carbonyl (C=O) groups excluding carboxylic acids is 1. The van der Waals surface area contributed by atoms with Crippen molar-refractivity contribution in [3.63, 3.8) is 0 Å². The Hall–Kier alpha value is -1.63. The second-order valence-electron chi connectivity index (χ2n) is 6.11. The van der Waals surface area contributed by atoms with E-state index >= 15 is 0 Å². The standard InChI is InChI=1S/C18H25BrFN3O2/c1-3-25-17(24)12-5-8-15(9-6-12)23-18(21-2)22-11-13-4-7-14(19)10-16(13)20/h4,7,10,12,15H,3,5-6,8-9,11H2,1-2H3,(H2,21,22,23). The zero-order valence-corrected chi connectivity index (χ0v) is 16.2. The number of hydrogen-bond donors (Lipinski definition) is 2. The maximum absolute atomic E-state index is 13.9. The van der Waals surface area contributed by atoms with Gasteiger partial charge in [-0.3, -0.25) is 9.79 Å². The molecule has 1 aliphatic carbocycles. The molecule has 0 bridgehead atoms. The van der Waals surface area contributed by atoms with E-state index in [0.717, 1.165) is 30.2 Å². The highest BCUT2D eigenvalue weighted by molar-refractivity contribution is 9.10. The number of rotatable bonds is 5. The van der Waals surface area contributed by atoms with Gasteiger partial charge in [0.05, 0.1) is 12.5 Å². The first kappa shape index (κ1) is 19.7. The lowest BCUT2D eigenvalue weighted by atomic mass is 9.86. The van der Waals surface area contributed by atoms with Crippen molar-refractivity contribution in [2.75, 3.05) is 13.7 Å². The summed E-state index contributed by atoms with van der Waals surface area (Å²) in [5, 5.41) is 6.49. The van der Waals surface area contributed by atoms with Crippen molar-refractivity contribution in [1.82, 2.24) is 10.6 Å². The van der Waals surface area contributed by atoms with Crippen LogP contribution in [0.4, 0.5) is 4.39 Å². The van der Waals surface area contributed by atoms with Gasteiger partial charge in [0.15, 0.2) is 5.96 Å². The largest absolute Gasteiger partial charge is 0.466 e. The minimum atomic E-state index is -0.257. The third-order valence-electron chi connectivity index (χ3n) is 4.37. The quantitative estimate of drug-likeness (QED) is 0.441.